The van der Waals surface area contributed by atoms with E-state index < -0.39 is 11.9 Å². The summed E-state index contributed by atoms with van der Waals surface area (Å²) in [6, 6.07) is 4.74. The van der Waals surface area contributed by atoms with Crippen molar-refractivity contribution in [3.8, 4) is 0 Å². The molecule has 176 valence electrons. The van der Waals surface area contributed by atoms with E-state index in [9.17, 15) is 14.0 Å². The fourth-order valence-electron chi connectivity index (χ4n) is 3.68. The first-order valence-corrected chi connectivity index (χ1v) is 11.5. The summed E-state index contributed by atoms with van der Waals surface area (Å²) in [6.07, 6.45) is -0.263. The molecule has 0 aliphatic carbocycles. The molecule has 10 heteroatoms. The number of thiocarbonyl (C=S) groups is 1. The second kappa shape index (κ2) is 10.8. The van der Waals surface area contributed by atoms with Crippen LogP contribution >= 0.6 is 12.2 Å². The smallest absolute Gasteiger partial charge is 0.414 e. The van der Waals surface area contributed by atoms with Crippen molar-refractivity contribution in [2.75, 3.05) is 55.7 Å². The van der Waals surface area contributed by atoms with Gasteiger partial charge in [-0.05, 0) is 31.5 Å². The Bertz CT molecular complexity index is 847. The van der Waals surface area contributed by atoms with Crippen molar-refractivity contribution in [1.82, 2.24) is 10.2 Å². The molecule has 0 aromatic heterocycles. The van der Waals surface area contributed by atoms with Crippen LogP contribution in [0.25, 0.3) is 0 Å². The van der Waals surface area contributed by atoms with Crippen molar-refractivity contribution in [3.63, 3.8) is 0 Å². The Hall–Kier alpha value is -2.62. The van der Waals surface area contributed by atoms with Crippen molar-refractivity contribution in [2.24, 2.45) is 5.92 Å². The number of cyclic esters (lactones) is 1. The van der Waals surface area contributed by atoms with Crippen molar-refractivity contribution in [2.45, 2.75) is 33.3 Å². The number of carbonyl (C=O) groups excluding carboxylic acids is 2. The fourth-order valence-corrected chi connectivity index (χ4v) is 3.93. The third-order valence-electron chi connectivity index (χ3n) is 5.83. The van der Waals surface area contributed by atoms with Crippen LogP contribution in [0.1, 0.15) is 27.2 Å². The average molecular weight is 467 g/mol. The van der Waals surface area contributed by atoms with Gasteiger partial charge in [0.2, 0.25) is 0 Å². The summed E-state index contributed by atoms with van der Waals surface area (Å²) in [5.41, 5.74) is 0.898. The van der Waals surface area contributed by atoms with Gasteiger partial charge in [-0.3, -0.25) is 4.90 Å². The number of benzene rings is 1. The maximum Gasteiger partial charge on any atom is 0.414 e. The van der Waals surface area contributed by atoms with Gasteiger partial charge in [0.05, 0.1) is 36.1 Å². The number of piperazine rings is 1. The quantitative estimate of drug-likeness (QED) is 0.618. The summed E-state index contributed by atoms with van der Waals surface area (Å²) in [6.45, 7) is 8.89. The van der Waals surface area contributed by atoms with Gasteiger partial charge in [-0.15, -0.1) is 0 Å². The van der Waals surface area contributed by atoms with E-state index in [1.54, 1.807) is 24.0 Å². The number of nitrogens with zero attached hydrogens (tertiary/aromatic N) is 3. The predicted molar refractivity (Wildman–Crippen MR) is 125 cm³/mol. The molecular formula is C22H31FN4O4S. The van der Waals surface area contributed by atoms with Crippen LogP contribution in [0, 0.1) is 11.7 Å². The molecule has 0 spiro atoms. The first-order chi connectivity index (χ1) is 15.3. The molecule has 2 amide bonds. The number of carbonyl (C=O) groups is 2. The third-order valence-corrected chi connectivity index (χ3v) is 6.37. The van der Waals surface area contributed by atoms with Crippen LogP contribution in [0.3, 0.4) is 0 Å². The Morgan fingerprint density at radius 1 is 1.31 bits per heavy atom. The number of hydrogen-bond acceptors (Lipinski definition) is 6. The number of anilines is 2. The molecule has 32 heavy (non-hydrogen) atoms. The minimum Gasteiger partial charge on any atom is -0.450 e. The molecule has 3 rings (SSSR count). The topological polar surface area (TPSA) is 74.3 Å². The van der Waals surface area contributed by atoms with Crippen LogP contribution < -0.4 is 15.1 Å². The summed E-state index contributed by atoms with van der Waals surface area (Å²) >= 11 is 5.34. The number of amides is 2. The van der Waals surface area contributed by atoms with Gasteiger partial charge in [-0.1, -0.05) is 26.1 Å². The highest BCUT2D eigenvalue weighted by Crippen LogP contribution is 2.28. The Morgan fingerprint density at radius 2 is 2.03 bits per heavy atom. The van der Waals surface area contributed by atoms with Crippen molar-refractivity contribution < 1.29 is 23.5 Å². The van der Waals surface area contributed by atoms with Crippen LogP contribution in [0.2, 0.25) is 0 Å². The minimum atomic E-state index is -0.499. The molecule has 2 atom stereocenters. The lowest BCUT2D eigenvalue weighted by Gasteiger charge is -2.35. The molecule has 2 saturated heterocycles. The largest absolute Gasteiger partial charge is 0.450 e. The molecule has 2 aliphatic rings. The van der Waals surface area contributed by atoms with E-state index in [1.165, 1.54) is 11.0 Å². The highest BCUT2D eigenvalue weighted by atomic mass is 32.1. The highest BCUT2D eigenvalue weighted by Gasteiger charge is 2.33. The van der Waals surface area contributed by atoms with E-state index in [4.69, 9.17) is 21.7 Å². The van der Waals surface area contributed by atoms with Crippen LogP contribution in [-0.2, 0) is 9.47 Å². The Labute approximate surface area is 193 Å². The summed E-state index contributed by atoms with van der Waals surface area (Å²) in [5, 5.41) is 3.16. The molecule has 1 aromatic rings. The Kier molecular flexibility index (Phi) is 8.11. The van der Waals surface area contributed by atoms with Crippen molar-refractivity contribution in [3.05, 3.63) is 24.0 Å². The van der Waals surface area contributed by atoms with E-state index in [0.29, 0.717) is 57.3 Å². The lowest BCUT2D eigenvalue weighted by atomic mass is 10.1. The molecule has 0 bridgehead atoms. The summed E-state index contributed by atoms with van der Waals surface area (Å²) < 4.78 is 25.3. The number of halogens is 1. The van der Waals surface area contributed by atoms with E-state index >= 15 is 0 Å². The second-order valence-corrected chi connectivity index (χ2v) is 8.42. The maximum absolute atomic E-state index is 14.9. The van der Waals surface area contributed by atoms with Gasteiger partial charge in [0.15, 0.2) is 0 Å². The van der Waals surface area contributed by atoms with Crippen LogP contribution in [-0.4, -0.2) is 74.1 Å². The molecule has 1 aromatic carbocycles. The third kappa shape index (κ3) is 5.59. The van der Waals surface area contributed by atoms with Crippen LogP contribution in [0.15, 0.2) is 18.2 Å². The standard InChI is InChI=1S/C22H31FN4O4S/c1-4-15(3)20(32)24-13-17-14-27(22(29)31-17)16-6-7-19(18(23)12-16)25-8-10-26(11-9-25)21(28)30-5-2/h6-7,12,15,17H,4-5,8-11,13-14H2,1-3H3,(H,24,32)/t15-,17?/m0/s1. The Morgan fingerprint density at radius 3 is 2.66 bits per heavy atom. The van der Waals surface area contributed by atoms with Crippen LogP contribution in [0.5, 0.6) is 0 Å². The van der Waals surface area contributed by atoms with Gasteiger partial charge in [0.1, 0.15) is 11.9 Å². The number of hydrogen-bond donors (Lipinski definition) is 1. The molecule has 0 radical (unpaired) electrons. The zero-order chi connectivity index (χ0) is 23.3. The summed E-state index contributed by atoms with van der Waals surface area (Å²) in [5.74, 6) is -0.154. The van der Waals surface area contributed by atoms with E-state index in [-0.39, 0.29) is 18.1 Å². The predicted octanol–water partition coefficient (Wildman–Crippen LogP) is 3.39. The minimum absolute atomic E-state index is 0.263. The molecule has 1 N–H and O–H groups in total. The van der Waals surface area contributed by atoms with Gasteiger partial charge in [-0.25, -0.2) is 14.0 Å². The van der Waals surface area contributed by atoms with Gasteiger partial charge in [-0.2, -0.15) is 0 Å². The molecule has 2 heterocycles. The lowest BCUT2D eigenvalue weighted by Crippen LogP contribution is -2.49. The van der Waals surface area contributed by atoms with E-state index in [2.05, 4.69) is 12.2 Å². The van der Waals surface area contributed by atoms with E-state index in [1.807, 2.05) is 11.8 Å². The highest BCUT2D eigenvalue weighted by molar-refractivity contribution is 7.80. The SMILES string of the molecule is CCOC(=O)N1CCN(c2ccc(N3CC(CNC(=S)[C@@H](C)CC)OC3=O)cc2F)CC1. The lowest BCUT2D eigenvalue weighted by molar-refractivity contribution is 0.105. The average Bonchev–Trinajstić information content (AvgIpc) is 3.17. The van der Waals surface area contributed by atoms with Crippen molar-refractivity contribution in [1.29, 1.82) is 0 Å². The zero-order valence-electron chi connectivity index (χ0n) is 18.8. The van der Waals surface area contributed by atoms with Crippen LogP contribution in [0.4, 0.5) is 25.4 Å². The summed E-state index contributed by atoms with van der Waals surface area (Å²) in [7, 11) is 0. The molecule has 2 aliphatic heterocycles. The van der Waals surface area contributed by atoms with Crippen molar-refractivity contribution >= 4 is 40.8 Å². The number of nitrogens with one attached hydrogen (secondary N) is 1. The first kappa shape index (κ1) is 24.0. The molecule has 8 nitrogen and oxygen atoms in total. The molecular weight excluding hydrogens is 435 g/mol. The second-order valence-electron chi connectivity index (χ2n) is 7.98. The first-order valence-electron chi connectivity index (χ1n) is 11.1. The fraction of sp³-hybridized carbons (Fsp3) is 0.591. The molecule has 2 fully saturated rings. The monoisotopic (exact) mass is 466 g/mol. The zero-order valence-corrected chi connectivity index (χ0v) is 19.6. The number of rotatable bonds is 7. The van der Waals surface area contributed by atoms with Gasteiger partial charge in [0, 0.05) is 32.1 Å². The van der Waals surface area contributed by atoms with Gasteiger partial charge < -0.3 is 24.6 Å². The summed E-state index contributed by atoms with van der Waals surface area (Å²) in [4.78, 5) is 29.9. The normalized spacial score (nSPS) is 19.6. The number of ether oxygens (including phenoxy) is 2. The molecule has 0 saturated carbocycles. The molecule has 1 unspecified atom stereocenters. The van der Waals surface area contributed by atoms with Gasteiger partial charge in [0.25, 0.3) is 0 Å². The van der Waals surface area contributed by atoms with Gasteiger partial charge >= 0.3 is 12.2 Å². The maximum atomic E-state index is 14.9. The Balaban J connectivity index is 1.58. The van der Waals surface area contributed by atoms with E-state index in [0.717, 1.165) is 11.4 Å².